The summed E-state index contributed by atoms with van der Waals surface area (Å²) in [6, 6.07) is 14.5. The van der Waals surface area contributed by atoms with Gasteiger partial charge in [0.1, 0.15) is 10.1 Å². The number of likely N-dealkylation sites (N-methyl/N-ethyl adjacent to an activating group) is 1. The van der Waals surface area contributed by atoms with E-state index in [0.717, 1.165) is 11.1 Å². The second-order valence-electron chi connectivity index (χ2n) is 7.53. The molecule has 4 nitrogen and oxygen atoms in total. The molecule has 1 aliphatic heterocycles. The maximum absolute atomic E-state index is 12.4. The van der Waals surface area contributed by atoms with Gasteiger partial charge >= 0.3 is 5.97 Å². The van der Waals surface area contributed by atoms with Gasteiger partial charge in [0, 0.05) is 7.05 Å². The first-order valence-corrected chi connectivity index (χ1v) is 10.0. The minimum atomic E-state index is -0.403. The van der Waals surface area contributed by atoms with Crippen LogP contribution in [-0.4, -0.2) is 28.1 Å². The van der Waals surface area contributed by atoms with Crippen LogP contribution < -0.4 is 4.74 Å². The summed E-state index contributed by atoms with van der Waals surface area (Å²) in [5.41, 5.74) is 2.53. The lowest BCUT2D eigenvalue weighted by Gasteiger charge is -2.18. The van der Waals surface area contributed by atoms with Gasteiger partial charge in [0.2, 0.25) is 0 Å². The molecule has 2 aromatic carbocycles. The van der Waals surface area contributed by atoms with E-state index in [9.17, 15) is 9.59 Å². The molecule has 1 aliphatic rings. The van der Waals surface area contributed by atoms with Crippen LogP contribution >= 0.6 is 24.0 Å². The maximum Gasteiger partial charge on any atom is 0.343 e. The zero-order valence-electron chi connectivity index (χ0n) is 16.2. The third-order valence-electron chi connectivity index (χ3n) is 4.36. The molecule has 3 rings (SSSR count). The lowest BCUT2D eigenvalue weighted by Crippen LogP contribution is -2.22. The molecule has 0 aromatic heterocycles. The fourth-order valence-electron chi connectivity index (χ4n) is 2.60. The molecule has 0 saturated carbocycles. The smallest absolute Gasteiger partial charge is 0.343 e. The summed E-state index contributed by atoms with van der Waals surface area (Å²) in [5.74, 6) is -0.0608. The number of thioether (sulfide) groups is 1. The number of nitrogens with zero attached hydrogens (tertiary/aromatic N) is 1. The van der Waals surface area contributed by atoms with Gasteiger partial charge in [-0.2, -0.15) is 0 Å². The highest BCUT2D eigenvalue weighted by Gasteiger charge is 2.28. The van der Waals surface area contributed by atoms with Crippen molar-refractivity contribution in [2.45, 2.75) is 26.2 Å². The molecule has 0 unspecified atom stereocenters. The van der Waals surface area contributed by atoms with Gasteiger partial charge in [-0.15, -0.1) is 0 Å². The summed E-state index contributed by atoms with van der Waals surface area (Å²) in [5, 5.41) is 0. The summed E-state index contributed by atoms with van der Waals surface area (Å²) in [7, 11) is 1.66. The van der Waals surface area contributed by atoms with Gasteiger partial charge in [-0.1, -0.05) is 69.0 Å². The predicted molar refractivity (Wildman–Crippen MR) is 117 cm³/mol. The molecule has 144 valence electrons. The van der Waals surface area contributed by atoms with E-state index in [1.165, 1.54) is 16.7 Å². The van der Waals surface area contributed by atoms with Crippen molar-refractivity contribution in [3.05, 3.63) is 70.1 Å². The largest absolute Gasteiger partial charge is 0.423 e. The first-order valence-electron chi connectivity index (χ1n) is 8.79. The number of ether oxygens (including phenoxy) is 1. The molecule has 0 aliphatic carbocycles. The Morgan fingerprint density at radius 2 is 1.68 bits per heavy atom. The number of hydrogen-bond donors (Lipinski definition) is 0. The number of benzene rings is 2. The zero-order chi connectivity index (χ0) is 20.5. The van der Waals surface area contributed by atoms with Crippen molar-refractivity contribution in [2.24, 2.45) is 0 Å². The highest BCUT2D eigenvalue weighted by atomic mass is 32.2. The lowest BCUT2D eigenvalue weighted by atomic mass is 9.87. The molecular formula is C22H21NO3S2. The topological polar surface area (TPSA) is 46.6 Å². The third-order valence-corrected chi connectivity index (χ3v) is 5.85. The molecule has 0 atom stereocenters. The van der Waals surface area contributed by atoms with Crippen LogP contribution in [0.2, 0.25) is 0 Å². The number of thiocarbonyl (C=S) groups is 1. The van der Waals surface area contributed by atoms with Crippen molar-refractivity contribution in [1.29, 1.82) is 0 Å². The molecule has 0 bridgehead atoms. The lowest BCUT2D eigenvalue weighted by molar-refractivity contribution is -0.121. The van der Waals surface area contributed by atoms with E-state index >= 15 is 0 Å². The van der Waals surface area contributed by atoms with E-state index in [4.69, 9.17) is 17.0 Å². The van der Waals surface area contributed by atoms with Gasteiger partial charge in [0.15, 0.2) is 0 Å². The van der Waals surface area contributed by atoms with Crippen LogP contribution in [0.4, 0.5) is 0 Å². The van der Waals surface area contributed by atoms with Gasteiger partial charge < -0.3 is 4.74 Å². The van der Waals surface area contributed by atoms with Gasteiger partial charge in [-0.25, -0.2) is 4.79 Å². The Morgan fingerprint density at radius 1 is 1.07 bits per heavy atom. The summed E-state index contributed by atoms with van der Waals surface area (Å²) >= 11 is 6.40. The standard InChI is InChI=1S/C22H21NO3S2/c1-22(2,3)16-9-7-15(8-10-16)20(25)26-17-11-5-14(6-12-17)13-18-19(24)23(4)21(27)28-18/h5-13H,1-4H3/b18-13-. The number of amides is 1. The van der Waals surface area contributed by atoms with E-state index in [1.807, 2.05) is 12.1 Å². The van der Waals surface area contributed by atoms with Crippen LogP contribution in [0.15, 0.2) is 53.4 Å². The first-order chi connectivity index (χ1) is 13.1. The van der Waals surface area contributed by atoms with E-state index in [1.54, 1.807) is 49.5 Å². The highest BCUT2D eigenvalue weighted by Crippen LogP contribution is 2.31. The van der Waals surface area contributed by atoms with E-state index in [-0.39, 0.29) is 11.3 Å². The molecule has 1 saturated heterocycles. The summed E-state index contributed by atoms with van der Waals surface area (Å²) in [6.45, 7) is 6.38. The normalized spacial score (nSPS) is 16.0. The van der Waals surface area contributed by atoms with Crippen LogP contribution in [0.5, 0.6) is 5.75 Å². The molecule has 0 radical (unpaired) electrons. The van der Waals surface area contributed by atoms with Crippen LogP contribution in [0.3, 0.4) is 0 Å². The Balaban J connectivity index is 1.68. The molecule has 1 fully saturated rings. The minimum Gasteiger partial charge on any atom is -0.423 e. The Hall–Kier alpha value is -2.44. The van der Waals surface area contributed by atoms with E-state index < -0.39 is 5.97 Å². The highest BCUT2D eigenvalue weighted by molar-refractivity contribution is 8.26. The number of rotatable bonds is 3. The van der Waals surface area contributed by atoms with Crippen molar-refractivity contribution < 1.29 is 14.3 Å². The summed E-state index contributed by atoms with van der Waals surface area (Å²) in [4.78, 5) is 26.4. The van der Waals surface area contributed by atoms with Crippen molar-refractivity contribution in [1.82, 2.24) is 4.90 Å². The number of carbonyl (C=O) groups is 2. The zero-order valence-corrected chi connectivity index (χ0v) is 17.8. The monoisotopic (exact) mass is 411 g/mol. The summed E-state index contributed by atoms with van der Waals surface area (Å²) < 4.78 is 5.99. The van der Waals surface area contributed by atoms with Crippen LogP contribution in [-0.2, 0) is 10.2 Å². The van der Waals surface area contributed by atoms with Crippen LogP contribution in [0, 0.1) is 0 Å². The Kier molecular flexibility index (Phi) is 5.72. The second kappa shape index (κ2) is 7.89. The van der Waals surface area contributed by atoms with Gasteiger partial charge in [0.05, 0.1) is 10.5 Å². The fourth-order valence-corrected chi connectivity index (χ4v) is 3.78. The molecule has 0 N–H and O–H groups in total. The van der Waals surface area contributed by atoms with Crippen molar-refractivity contribution in [3.63, 3.8) is 0 Å². The van der Waals surface area contributed by atoms with Gasteiger partial charge in [0.25, 0.3) is 5.91 Å². The fraction of sp³-hybridized carbons (Fsp3) is 0.227. The first kappa shape index (κ1) is 20.3. The van der Waals surface area contributed by atoms with Crippen molar-refractivity contribution in [2.75, 3.05) is 7.05 Å². The second-order valence-corrected chi connectivity index (χ2v) is 9.20. The molecule has 28 heavy (non-hydrogen) atoms. The number of esters is 1. The predicted octanol–water partition coefficient (Wildman–Crippen LogP) is 5.03. The van der Waals surface area contributed by atoms with Gasteiger partial charge in [-0.3, -0.25) is 9.69 Å². The van der Waals surface area contributed by atoms with Crippen LogP contribution in [0.25, 0.3) is 6.08 Å². The summed E-state index contributed by atoms with van der Waals surface area (Å²) in [6.07, 6.45) is 1.78. The average Bonchev–Trinajstić information content (AvgIpc) is 2.89. The quantitative estimate of drug-likeness (QED) is 0.307. The Bertz CT molecular complexity index is 955. The SMILES string of the molecule is CN1C(=O)/C(=C/c2ccc(OC(=O)c3ccc(C(C)(C)C)cc3)cc2)SC1=S. The maximum atomic E-state index is 12.4. The molecule has 2 aromatic rings. The van der Waals surface area contributed by atoms with Crippen molar-refractivity contribution >= 4 is 46.3 Å². The van der Waals surface area contributed by atoms with Crippen molar-refractivity contribution in [3.8, 4) is 5.75 Å². The van der Waals surface area contributed by atoms with Crippen LogP contribution in [0.1, 0.15) is 42.3 Å². The van der Waals surface area contributed by atoms with Gasteiger partial charge in [-0.05, 0) is 46.9 Å². The molecule has 0 spiro atoms. The Morgan fingerprint density at radius 3 is 2.18 bits per heavy atom. The average molecular weight is 412 g/mol. The Labute approximate surface area is 174 Å². The molecular weight excluding hydrogens is 390 g/mol. The minimum absolute atomic E-state index is 0.0321. The van der Waals surface area contributed by atoms with E-state index in [2.05, 4.69) is 20.8 Å². The van der Waals surface area contributed by atoms with E-state index in [0.29, 0.717) is 20.5 Å². The molecule has 6 heteroatoms. The molecule has 1 amide bonds. The number of hydrogen-bond acceptors (Lipinski definition) is 5. The number of carbonyl (C=O) groups excluding carboxylic acids is 2. The molecule has 1 heterocycles. The third kappa shape index (κ3) is 4.51.